The molecule has 1 heterocycles. The fourth-order valence-corrected chi connectivity index (χ4v) is 3.12. The maximum absolute atomic E-state index is 5.97. The molecule has 3 nitrogen and oxygen atoms in total. The molecule has 1 unspecified atom stereocenters. The van der Waals surface area contributed by atoms with E-state index < -0.39 is 0 Å². The van der Waals surface area contributed by atoms with Crippen LogP contribution in [0.25, 0.3) is 11.0 Å². The van der Waals surface area contributed by atoms with E-state index >= 15 is 0 Å². The molecule has 102 valence electrons. The summed E-state index contributed by atoms with van der Waals surface area (Å²) in [5.41, 5.74) is 4.60. The summed E-state index contributed by atoms with van der Waals surface area (Å²) in [6, 6.07) is 15.2. The van der Waals surface area contributed by atoms with Gasteiger partial charge in [0, 0.05) is 14.9 Å². The van der Waals surface area contributed by atoms with Crippen LogP contribution >= 0.6 is 27.5 Å². The number of hydrogen-bond donors (Lipinski definition) is 2. The molecule has 5 heteroatoms. The summed E-state index contributed by atoms with van der Waals surface area (Å²) in [5.74, 6) is 6.46. The van der Waals surface area contributed by atoms with Gasteiger partial charge in [0.15, 0.2) is 0 Å². The van der Waals surface area contributed by atoms with Gasteiger partial charge in [0.2, 0.25) is 0 Å². The van der Waals surface area contributed by atoms with Gasteiger partial charge < -0.3 is 4.42 Å². The van der Waals surface area contributed by atoms with Crippen LogP contribution in [0.3, 0.4) is 0 Å². The van der Waals surface area contributed by atoms with Crippen molar-refractivity contribution >= 4 is 38.5 Å². The summed E-state index contributed by atoms with van der Waals surface area (Å²) < 4.78 is 6.75. The van der Waals surface area contributed by atoms with Gasteiger partial charge in [-0.2, -0.15) is 0 Å². The molecule has 1 atom stereocenters. The molecule has 0 aliphatic heterocycles. The van der Waals surface area contributed by atoms with Gasteiger partial charge >= 0.3 is 0 Å². The van der Waals surface area contributed by atoms with Gasteiger partial charge in [-0.1, -0.05) is 51.8 Å². The lowest BCUT2D eigenvalue weighted by atomic mass is 10.1. The van der Waals surface area contributed by atoms with Crippen molar-refractivity contribution in [3.8, 4) is 0 Å². The van der Waals surface area contributed by atoms with Crippen molar-refractivity contribution in [2.24, 2.45) is 5.84 Å². The van der Waals surface area contributed by atoms with E-state index in [4.69, 9.17) is 21.9 Å². The van der Waals surface area contributed by atoms with Gasteiger partial charge in [0.05, 0.1) is 0 Å². The summed E-state index contributed by atoms with van der Waals surface area (Å²) in [6.07, 6.45) is 0. The van der Waals surface area contributed by atoms with E-state index in [1.165, 1.54) is 0 Å². The molecule has 0 aliphatic carbocycles. The van der Waals surface area contributed by atoms with Crippen LogP contribution in [0.15, 0.2) is 57.4 Å². The lowest BCUT2D eigenvalue weighted by Crippen LogP contribution is -2.28. The number of halogens is 2. The van der Waals surface area contributed by atoms with Crippen molar-refractivity contribution in [2.45, 2.75) is 6.04 Å². The zero-order valence-electron chi connectivity index (χ0n) is 10.4. The maximum atomic E-state index is 5.97. The highest BCUT2D eigenvalue weighted by Gasteiger charge is 2.19. The minimum atomic E-state index is -0.242. The van der Waals surface area contributed by atoms with E-state index in [1.54, 1.807) is 0 Å². The number of nitrogens with one attached hydrogen (secondary N) is 1. The van der Waals surface area contributed by atoms with Crippen molar-refractivity contribution in [1.82, 2.24) is 5.43 Å². The molecule has 3 N–H and O–H groups in total. The molecule has 3 aromatic rings. The molecule has 0 aliphatic rings. The molecular weight excluding hydrogens is 340 g/mol. The third kappa shape index (κ3) is 2.47. The Bertz CT molecular complexity index is 723. The highest BCUT2D eigenvalue weighted by molar-refractivity contribution is 9.10. The third-order valence-corrected chi connectivity index (χ3v) is 4.09. The number of furan rings is 1. The molecular formula is C15H12BrClN2O. The number of para-hydroxylation sites is 1. The molecule has 0 saturated carbocycles. The van der Waals surface area contributed by atoms with E-state index in [0.29, 0.717) is 5.02 Å². The lowest BCUT2D eigenvalue weighted by molar-refractivity contribution is 0.476. The summed E-state index contributed by atoms with van der Waals surface area (Å²) in [4.78, 5) is 0. The second kappa shape index (κ2) is 5.58. The van der Waals surface area contributed by atoms with E-state index in [1.807, 2.05) is 48.5 Å². The molecule has 0 radical (unpaired) electrons. The van der Waals surface area contributed by atoms with Crippen LogP contribution in [0.5, 0.6) is 0 Å². The molecule has 0 spiro atoms. The Balaban J connectivity index is 2.08. The molecule has 1 aromatic heterocycles. The van der Waals surface area contributed by atoms with Crippen LogP contribution in [0.2, 0.25) is 5.02 Å². The fraction of sp³-hybridized carbons (Fsp3) is 0.0667. The molecule has 20 heavy (non-hydrogen) atoms. The van der Waals surface area contributed by atoms with Gasteiger partial charge in [0.1, 0.15) is 17.4 Å². The Kier molecular flexibility index (Phi) is 3.81. The summed E-state index contributed by atoms with van der Waals surface area (Å²) >= 11 is 9.48. The molecule has 0 bridgehead atoms. The number of benzene rings is 2. The Hall–Kier alpha value is -1.33. The highest BCUT2D eigenvalue weighted by Crippen LogP contribution is 2.32. The second-order valence-corrected chi connectivity index (χ2v) is 5.74. The normalized spacial score (nSPS) is 12.8. The van der Waals surface area contributed by atoms with Crippen LogP contribution < -0.4 is 11.3 Å². The highest BCUT2D eigenvalue weighted by atomic mass is 79.9. The maximum Gasteiger partial charge on any atom is 0.134 e. The smallest absolute Gasteiger partial charge is 0.134 e. The van der Waals surface area contributed by atoms with Crippen LogP contribution in [-0.2, 0) is 0 Å². The monoisotopic (exact) mass is 350 g/mol. The second-order valence-electron chi connectivity index (χ2n) is 4.45. The van der Waals surface area contributed by atoms with Gasteiger partial charge in [-0.25, -0.2) is 5.43 Å². The zero-order chi connectivity index (χ0) is 14.1. The van der Waals surface area contributed by atoms with Crippen LogP contribution in [0.1, 0.15) is 17.4 Å². The van der Waals surface area contributed by atoms with Gasteiger partial charge in [-0.15, -0.1) is 0 Å². The number of hydrogen-bond acceptors (Lipinski definition) is 3. The minimum absolute atomic E-state index is 0.242. The zero-order valence-corrected chi connectivity index (χ0v) is 12.8. The Morgan fingerprint density at radius 3 is 2.65 bits per heavy atom. The van der Waals surface area contributed by atoms with Crippen molar-refractivity contribution in [1.29, 1.82) is 0 Å². The standard InChI is InChI=1S/C15H12BrClN2O/c16-12-8-10(17)5-6-11(12)15(19-18)14-7-9-3-1-2-4-13(9)20-14/h1-8,15,19H,18H2. The topological polar surface area (TPSA) is 51.2 Å². The average Bonchev–Trinajstić information content (AvgIpc) is 2.85. The third-order valence-electron chi connectivity index (χ3n) is 3.17. The van der Waals surface area contributed by atoms with Crippen molar-refractivity contribution in [2.75, 3.05) is 0 Å². The first-order valence-corrected chi connectivity index (χ1v) is 7.25. The summed E-state index contributed by atoms with van der Waals surface area (Å²) in [5, 5.41) is 1.72. The lowest BCUT2D eigenvalue weighted by Gasteiger charge is -2.15. The quantitative estimate of drug-likeness (QED) is 0.543. The van der Waals surface area contributed by atoms with Crippen LogP contribution in [0.4, 0.5) is 0 Å². The Labute approximate surface area is 129 Å². The van der Waals surface area contributed by atoms with Crippen molar-refractivity contribution in [3.05, 3.63) is 69.3 Å². The van der Waals surface area contributed by atoms with Gasteiger partial charge in [0.25, 0.3) is 0 Å². The molecule has 0 fully saturated rings. The average molecular weight is 352 g/mol. The number of nitrogens with two attached hydrogens (primary N) is 1. The predicted octanol–water partition coefficient (Wildman–Crippen LogP) is 4.40. The van der Waals surface area contributed by atoms with Crippen LogP contribution in [0, 0.1) is 0 Å². The first-order chi connectivity index (χ1) is 9.69. The molecule has 0 saturated heterocycles. The first kappa shape index (κ1) is 13.6. The van der Waals surface area contributed by atoms with E-state index in [-0.39, 0.29) is 6.04 Å². The van der Waals surface area contributed by atoms with Crippen LogP contribution in [-0.4, -0.2) is 0 Å². The predicted molar refractivity (Wildman–Crippen MR) is 84.5 cm³/mol. The van der Waals surface area contributed by atoms with Gasteiger partial charge in [-0.3, -0.25) is 5.84 Å². The first-order valence-electron chi connectivity index (χ1n) is 6.08. The molecule has 0 amide bonds. The Morgan fingerprint density at radius 1 is 1.15 bits per heavy atom. The van der Waals surface area contributed by atoms with Crippen molar-refractivity contribution in [3.63, 3.8) is 0 Å². The van der Waals surface area contributed by atoms with Gasteiger partial charge in [-0.05, 0) is 29.8 Å². The molecule has 3 rings (SSSR count). The number of rotatable bonds is 3. The minimum Gasteiger partial charge on any atom is -0.459 e. The van der Waals surface area contributed by atoms with E-state index in [9.17, 15) is 0 Å². The number of fused-ring (bicyclic) bond motifs is 1. The Morgan fingerprint density at radius 2 is 1.95 bits per heavy atom. The fourth-order valence-electron chi connectivity index (χ4n) is 2.21. The summed E-state index contributed by atoms with van der Waals surface area (Å²) in [6.45, 7) is 0. The van der Waals surface area contributed by atoms with E-state index in [0.717, 1.165) is 26.8 Å². The summed E-state index contributed by atoms with van der Waals surface area (Å²) in [7, 11) is 0. The SMILES string of the molecule is NNC(c1cc2ccccc2o1)c1ccc(Cl)cc1Br. The largest absolute Gasteiger partial charge is 0.459 e. The van der Waals surface area contributed by atoms with E-state index in [2.05, 4.69) is 21.4 Å². The molecule has 2 aromatic carbocycles. The number of hydrazine groups is 1. The van der Waals surface area contributed by atoms with Crippen molar-refractivity contribution < 1.29 is 4.42 Å².